The first-order valence-electron chi connectivity index (χ1n) is 5.45. The minimum absolute atomic E-state index is 0.644. The number of nitrogens with one attached hydrogen (secondary N) is 1. The lowest BCUT2D eigenvalue weighted by Gasteiger charge is -2.10. The Hall–Kier alpha value is -1.74. The summed E-state index contributed by atoms with van der Waals surface area (Å²) in [5.41, 5.74) is 8.35. The molecule has 0 aliphatic rings. The van der Waals surface area contributed by atoms with Crippen molar-refractivity contribution in [2.24, 2.45) is 0 Å². The molecule has 0 atom stereocenters. The number of benzene rings is 1. The van der Waals surface area contributed by atoms with Gasteiger partial charge in [0.2, 0.25) is 0 Å². The molecule has 3 nitrogen and oxygen atoms in total. The number of nitrogens with zero attached hydrogens (tertiary/aromatic N) is 1. The molecule has 0 aliphatic heterocycles. The SMILES string of the molecule is Nc1cccc(Cl)c1NCCc1ccccn1. The van der Waals surface area contributed by atoms with Gasteiger partial charge >= 0.3 is 0 Å². The zero-order valence-corrected chi connectivity index (χ0v) is 10.1. The van der Waals surface area contributed by atoms with Gasteiger partial charge in [0.05, 0.1) is 16.4 Å². The summed E-state index contributed by atoms with van der Waals surface area (Å²) in [4.78, 5) is 4.25. The number of rotatable bonds is 4. The molecule has 4 heteroatoms. The number of pyridine rings is 1. The zero-order valence-electron chi connectivity index (χ0n) is 9.36. The lowest BCUT2D eigenvalue weighted by molar-refractivity contribution is 0.962. The van der Waals surface area contributed by atoms with Crippen LogP contribution in [0.3, 0.4) is 0 Å². The molecular weight excluding hydrogens is 234 g/mol. The van der Waals surface area contributed by atoms with Crippen LogP contribution in [0.1, 0.15) is 5.69 Å². The van der Waals surface area contributed by atoms with Crippen LogP contribution in [-0.4, -0.2) is 11.5 Å². The van der Waals surface area contributed by atoms with Gasteiger partial charge in [-0.15, -0.1) is 0 Å². The first kappa shape index (κ1) is 11.7. The van der Waals surface area contributed by atoms with Crippen LogP contribution in [0.15, 0.2) is 42.6 Å². The smallest absolute Gasteiger partial charge is 0.0763 e. The number of para-hydroxylation sites is 1. The summed E-state index contributed by atoms with van der Waals surface area (Å²) in [5.74, 6) is 0. The quantitative estimate of drug-likeness (QED) is 0.817. The molecule has 2 aromatic rings. The Morgan fingerprint density at radius 1 is 1.18 bits per heavy atom. The second-order valence-corrected chi connectivity index (χ2v) is 4.11. The van der Waals surface area contributed by atoms with Crippen molar-refractivity contribution in [3.05, 3.63) is 53.3 Å². The van der Waals surface area contributed by atoms with Gasteiger partial charge in [0.15, 0.2) is 0 Å². The van der Waals surface area contributed by atoms with Gasteiger partial charge < -0.3 is 11.1 Å². The summed E-state index contributed by atoms with van der Waals surface area (Å²) in [6.45, 7) is 0.755. The van der Waals surface area contributed by atoms with Crippen LogP contribution in [0.25, 0.3) is 0 Å². The van der Waals surface area contributed by atoms with Gasteiger partial charge in [-0.3, -0.25) is 4.98 Å². The molecule has 0 spiro atoms. The summed E-state index contributed by atoms with van der Waals surface area (Å²) in [6, 6.07) is 11.4. The van der Waals surface area contributed by atoms with Crippen LogP contribution in [0.4, 0.5) is 11.4 Å². The maximum atomic E-state index is 6.05. The van der Waals surface area contributed by atoms with E-state index in [-0.39, 0.29) is 0 Å². The van der Waals surface area contributed by atoms with E-state index in [1.54, 1.807) is 6.20 Å². The highest BCUT2D eigenvalue weighted by Crippen LogP contribution is 2.27. The van der Waals surface area contributed by atoms with Gasteiger partial charge in [0, 0.05) is 24.9 Å². The molecule has 1 heterocycles. The Labute approximate surface area is 106 Å². The monoisotopic (exact) mass is 247 g/mol. The molecule has 17 heavy (non-hydrogen) atoms. The molecule has 0 bridgehead atoms. The van der Waals surface area contributed by atoms with Crippen molar-refractivity contribution in [3.63, 3.8) is 0 Å². The van der Waals surface area contributed by atoms with E-state index in [1.165, 1.54) is 0 Å². The van der Waals surface area contributed by atoms with Crippen LogP contribution in [0.5, 0.6) is 0 Å². The topological polar surface area (TPSA) is 50.9 Å². The lowest BCUT2D eigenvalue weighted by atomic mass is 10.2. The summed E-state index contributed by atoms with van der Waals surface area (Å²) in [5, 5.41) is 3.88. The fourth-order valence-corrected chi connectivity index (χ4v) is 1.84. The number of hydrogen-bond acceptors (Lipinski definition) is 3. The number of hydrogen-bond donors (Lipinski definition) is 2. The number of halogens is 1. The maximum absolute atomic E-state index is 6.05. The van der Waals surface area contributed by atoms with Gasteiger partial charge in [0.1, 0.15) is 0 Å². The van der Waals surface area contributed by atoms with Gasteiger partial charge in [0.25, 0.3) is 0 Å². The van der Waals surface area contributed by atoms with Crippen molar-refractivity contribution in [2.75, 3.05) is 17.6 Å². The van der Waals surface area contributed by atoms with Crippen LogP contribution >= 0.6 is 11.6 Å². The molecule has 3 N–H and O–H groups in total. The van der Waals surface area contributed by atoms with Crippen molar-refractivity contribution in [1.29, 1.82) is 0 Å². The van der Waals surface area contributed by atoms with Crippen molar-refractivity contribution in [2.45, 2.75) is 6.42 Å². The minimum Gasteiger partial charge on any atom is -0.397 e. The van der Waals surface area contributed by atoms with E-state index in [0.29, 0.717) is 10.7 Å². The highest BCUT2D eigenvalue weighted by atomic mass is 35.5. The summed E-state index contributed by atoms with van der Waals surface area (Å²) < 4.78 is 0. The van der Waals surface area contributed by atoms with Gasteiger partial charge in [-0.1, -0.05) is 23.7 Å². The molecule has 88 valence electrons. The molecule has 2 rings (SSSR count). The van der Waals surface area contributed by atoms with Crippen molar-refractivity contribution in [1.82, 2.24) is 4.98 Å². The number of anilines is 2. The van der Waals surface area contributed by atoms with Gasteiger partial charge in [-0.25, -0.2) is 0 Å². The third kappa shape index (κ3) is 3.11. The van der Waals surface area contributed by atoms with E-state index in [9.17, 15) is 0 Å². The Bertz CT molecular complexity index is 465. The van der Waals surface area contributed by atoms with Crippen molar-refractivity contribution >= 4 is 23.0 Å². The zero-order chi connectivity index (χ0) is 12.1. The molecule has 0 amide bonds. The molecule has 0 saturated carbocycles. The molecule has 0 unspecified atom stereocenters. The lowest BCUT2D eigenvalue weighted by Crippen LogP contribution is -2.08. The Balaban J connectivity index is 1.95. The molecule has 0 aliphatic carbocycles. The third-order valence-electron chi connectivity index (χ3n) is 2.45. The number of nitrogens with two attached hydrogens (primary N) is 1. The maximum Gasteiger partial charge on any atom is 0.0763 e. The molecule has 1 aromatic carbocycles. The first-order chi connectivity index (χ1) is 8.27. The average molecular weight is 248 g/mol. The van der Waals surface area contributed by atoms with Gasteiger partial charge in [-0.2, -0.15) is 0 Å². The van der Waals surface area contributed by atoms with Crippen molar-refractivity contribution in [3.8, 4) is 0 Å². The van der Waals surface area contributed by atoms with E-state index in [2.05, 4.69) is 10.3 Å². The average Bonchev–Trinajstić information content (AvgIpc) is 2.34. The van der Waals surface area contributed by atoms with Crippen LogP contribution in [0.2, 0.25) is 5.02 Å². The normalized spacial score (nSPS) is 10.2. The second kappa shape index (κ2) is 5.55. The van der Waals surface area contributed by atoms with E-state index < -0.39 is 0 Å². The van der Waals surface area contributed by atoms with E-state index >= 15 is 0 Å². The first-order valence-corrected chi connectivity index (χ1v) is 5.83. The van der Waals surface area contributed by atoms with Crippen LogP contribution in [-0.2, 0) is 6.42 Å². The molecule has 1 aromatic heterocycles. The van der Waals surface area contributed by atoms with E-state index in [4.69, 9.17) is 17.3 Å². The standard InChI is InChI=1S/C13H14ClN3/c14-11-5-3-6-12(15)13(11)17-9-7-10-4-1-2-8-16-10/h1-6,8,17H,7,9,15H2. The Kier molecular flexibility index (Phi) is 3.83. The molecule has 0 saturated heterocycles. The molecular formula is C13H14ClN3. The summed E-state index contributed by atoms with van der Waals surface area (Å²) in [7, 11) is 0. The fraction of sp³-hybridized carbons (Fsp3) is 0.154. The van der Waals surface area contributed by atoms with E-state index in [1.807, 2.05) is 36.4 Å². The third-order valence-corrected chi connectivity index (χ3v) is 2.77. The summed E-state index contributed by atoms with van der Waals surface area (Å²) in [6.07, 6.45) is 2.63. The van der Waals surface area contributed by atoms with Crippen LogP contribution in [0, 0.1) is 0 Å². The molecule has 0 radical (unpaired) electrons. The van der Waals surface area contributed by atoms with Gasteiger partial charge in [-0.05, 0) is 24.3 Å². The van der Waals surface area contributed by atoms with Crippen LogP contribution < -0.4 is 11.1 Å². The predicted molar refractivity (Wildman–Crippen MR) is 72.3 cm³/mol. The summed E-state index contributed by atoms with van der Waals surface area (Å²) >= 11 is 6.05. The fourth-order valence-electron chi connectivity index (χ4n) is 1.59. The predicted octanol–water partition coefficient (Wildman–Crippen LogP) is 2.97. The largest absolute Gasteiger partial charge is 0.397 e. The van der Waals surface area contributed by atoms with Crippen molar-refractivity contribution < 1.29 is 0 Å². The Morgan fingerprint density at radius 2 is 2.06 bits per heavy atom. The highest BCUT2D eigenvalue weighted by Gasteiger charge is 2.03. The number of nitrogen functional groups attached to an aromatic ring is 1. The van der Waals surface area contributed by atoms with E-state index in [0.717, 1.165) is 24.3 Å². The second-order valence-electron chi connectivity index (χ2n) is 3.70. The Morgan fingerprint density at radius 3 is 2.76 bits per heavy atom. The minimum atomic E-state index is 0.644. The molecule has 0 fully saturated rings. The highest BCUT2D eigenvalue weighted by molar-refractivity contribution is 6.33. The number of aromatic nitrogens is 1.